The lowest BCUT2D eigenvalue weighted by atomic mass is 10.0. The van der Waals surface area contributed by atoms with Gasteiger partial charge in [0.05, 0.1) is 0 Å². The van der Waals surface area contributed by atoms with Crippen molar-refractivity contribution in [1.29, 1.82) is 0 Å². The molecule has 2 aromatic rings. The Morgan fingerprint density at radius 2 is 2.05 bits per heavy atom. The number of ether oxygens (including phenoxy) is 1. The predicted octanol–water partition coefficient (Wildman–Crippen LogP) is 4.17. The first-order valence-electron chi connectivity index (χ1n) is 5.31. The van der Waals surface area contributed by atoms with E-state index in [4.69, 9.17) is 0 Å². The molecule has 0 amide bonds. The lowest BCUT2D eigenvalue weighted by molar-refractivity contribution is -0.153. The number of thiophene rings is 1. The minimum Gasteiger partial charge on any atom is -0.484 e. The Labute approximate surface area is 111 Å². The van der Waals surface area contributed by atoms with Crippen LogP contribution in [0.5, 0.6) is 5.75 Å². The molecule has 0 spiro atoms. The number of rotatable bonds is 4. The molecule has 1 aromatic carbocycles. The SMILES string of the molecule is O=Cc1ccc(OCC(F)(F)F)cc1-c1ccsc1. The van der Waals surface area contributed by atoms with E-state index in [2.05, 4.69) is 4.74 Å². The van der Waals surface area contributed by atoms with Gasteiger partial charge in [0.25, 0.3) is 0 Å². The fourth-order valence-electron chi connectivity index (χ4n) is 1.56. The number of hydrogen-bond acceptors (Lipinski definition) is 3. The van der Waals surface area contributed by atoms with Gasteiger partial charge in [-0.05, 0) is 46.2 Å². The van der Waals surface area contributed by atoms with Crippen molar-refractivity contribution in [3.63, 3.8) is 0 Å². The Balaban J connectivity index is 2.29. The number of carbonyl (C=O) groups excluding carboxylic acids is 1. The molecule has 2 nitrogen and oxygen atoms in total. The number of alkyl halides is 3. The molecule has 0 atom stereocenters. The maximum absolute atomic E-state index is 12.1. The number of benzene rings is 1. The minimum atomic E-state index is -4.38. The maximum atomic E-state index is 12.1. The van der Waals surface area contributed by atoms with Crippen molar-refractivity contribution in [3.8, 4) is 16.9 Å². The molecule has 100 valence electrons. The van der Waals surface area contributed by atoms with Crippen LogP contribution in [0.25, 0.3) is 11.1 Å². The summed E-state index contributed by atoms with van der Waals surface area (Å²) in [5.41, 5.74) is 1.76. The van der Waals surface area contributed by atoms with Crippen LogP contribution in [0.2, 0.25) is 0 Å². The number of halogens is 3. The molecule has 0 bridgehead atoms. The fourth-order valence-corrected chi connectivity index (χ4v) is 2.22. The molecule has 0 saturated carbocycles. The third kappa shape index (κ3) is 3.57. The van der Waals surface area contributed by atoms with Crippen molar-refractivity contribution in [2.24, 2.45) is 0 Å². The van der Waals surface area contributed by atoms with Crippen LogP contribution in [0.4, 0.5) is 13.2 Å². The van der Waals surface area contributed by atoms with Gasteiger partial charge in [0.2, 0.25) is 0 Å². The summed E-state index contributed by atoms with van der Waals surface area (Å²) in [5, 5.41) is 3.64. The van der Waals surface area contributed by atoms with Gasteiger partial charge in [-0.25, -0.2) is 0 Å². The van der Waals surface area contributed by atoms with E-state index in [9.17, 15) is 18.0 Å². The molecule has 6 heteroatoms. The highest BCUT2D eigenvalue weighted by Gasteiger charge is 2.28. The van der Waals surface area contributed by atoms with Gasteiger partial charge in [-0.2, -0.15) is 24.5 Å². The van der Waals surface area contributed by atoms with Gasteiger partial charge in [-0.15, -0.1) is 0 Å². The van der Waals surface area contributed by atoms with Gasteiger partial charge in [-0.3, -0.25) is 4.79 Å². The Bertz CT molecular complexity index is 562. The topological polar surface area (TPSA) is 26.3 Å². The Kier molecular flexibility index (Phi) is 3.90. The molecule has 0 fully saturated rings. The summed E-state index contributed by atoms with van der Waals surface area (Å²) in [7, 11) is 0. The Morgan fingerprint density at radius 3 is 2.63 bits per heavy atom. The van der Waals surface area contributed by atoms with Crippen LogP contribution >= 0.6 is 11.3 Å². The standard InChI is InChI=1S/C13H9F3O2S/c14-13(15,16)8-18-11-2-1-9(6-17)12(5-11)10-3-4-19-7-10/h1-7H,8H2. The van der Waals surface area contributed by atoms with Crippen molar-refractivity contribution >= 4 is 17.6 Å². The molecule has 1 heterocycles. The van der Waals surface area contributed by atoms with E-state index < -0.39 is 12.8 Å². The number of carbonyl (C=O) groups is 1. The summed E-state index contributed by atoms with van der Waals surface area (Å²) in [6.45, 7) is -1.35. The summed E-state index contributed by atoms with van der Waals surface area (Å²) in [4.78, 5) is 10.9. The zero-order valence-corrected chi connectivity index (χ0v) is 10.4. The second-order valence-corrected chi connectivity index (χ2v) is 4.56. The second-order valence-electron chi connectivity index (χ2n) is 3.78. The van der Waals surface area contributed by atoms with Crippen molar-refractivity contribution in [1.82, 2.24) is 0 Å². The van der Waals surface area contributed by atoms with Crippen LogP contribution in [0.15, 0.2) is 35.0 Å². The van der Waals surface area contributed by atoms with E-state index in [1.54, 1.807) is 6.07 Å². The number of aldehydes is 1. The first kappa shape index (κ1) is 13.6. The highest BCUT2D eigenvalue weighted by molar-refractivity contribution is 7.08. The van der Waals surface area contributed by atoms with Gasteiger partial charge in [-0.1, -0.05) is 0 Å². The summed E-state index contributed by atoms with van der Waals surface area (Å²) in [6, 6.07) is 6.04. The summed E-state index contributed by atoms with van der Waals surface area (Å²) in [5.74, 6) is 0.0872. The molecule has 0 saturated heterocycles. The van der Waals surface area contributed by atoms with Gasteiger partial charge in [0.1, 0.15) is 5.75 Å². The second kappa shape index (κ2) is 5.44. The van der Waals surface area contributed by atoms with E-state index in [1.807, 2.05) is 10.8 Å². The minimum absolute atomic E-state index is 0.0872. The van der Waals surface area contributed by atoms with Gasteiger partial charge in [0, 0.05) is 5.56 Å². The molecule has 0 aliphatic carbocycles. The van der Waals surface area contributed by atoms with E-state index >= 15 is 0 Å². The van der Waals surface area contributed by atoms with Gasteiger partial charge >= 0.3 is 6.18 Å². The first-order valence-corrected chi connectivity index (χ1v) is 6.25. The summed E-state index contributed by atoms with van der Waals surface area (Å²) < 4.78 is 40.9. The lowest BCUT2D eigenvalue weighted by Gasteiger charge is -2.11. The summed E-state index contributed by atoms with van der Waals surface area (Å²) in [6.07, 6.45) is -3.72. The largest absolute Gasteiger partial charge is 0.484 e. The molecule has 0 aliphatic heterocycles. The van der Waals surface area contributed by atoms with Crippen LogP contribution < -0.4 is 4.74 Å². The smallest absolute Gasteiger partial charge is 0.422 e. The summed E-state index contributed by atoms with van der Waals surface area (Å²) >= 11 is 1.44. The van der Waals surface area contributed by atoms with Crippen molar-refractivity contribution in [2.45, 2.75) is 6.18 Å². The fraction of sp³-hybridized carbons (Fsp3) is 0.154. The molecule has 0 unspecified atom stereocenters. The van der Waals surface area contributed by atoms with Crippen molar-refractivity contribution in [2.75, 3.05) is 6.61 Å². The quantitative estimate of drug-likeness (QED) is 0.788. The third-order valence-electron chi connectivity index (χ3n) is 2.39. The van der Waals surface area contributed by atoms with Crippen LogP contribution in [0.3, 0.4) is 0 Å². The molecular formula is C13H9F3O2S. The normalized spacial score (nSPS) is 11.3. The Hall–Kier alpha value is -1.82. The highest BCUT2D eigenvalue weighted by atomic mass is 32.1. The molecule has 0 radical (unpaired) electrons. The zero-order valence-electron chi connectivity index (χ0n) is 9.61. The molecule has 1 aromatic heterocycles. The van der Waals surface area contributed by atoms with Crippen LogP contribution in [0, 0.1) is 0 Å². The van der Waals surface area contributed by atoms with E-state index in [0.29, 0.717) is 17.4 Å². The van der Waals surface area contributed by atoms with Crippen molar-refractivity contribution in [3.05, 3.63) is 40.6 Å². The Morgan fingerprint density at radius 1 is 1.26 bits per heavy atom. The third-order valence-corrected chi connectivity index (χ3v) is 3.07. The molecule has 0 aliphatic rings. The molecule has 0 N–H and O–H groups in total. The average Bonchev–Trinajstić information content (AvgIpc) is 2.89. The molecule has 19 heavy (non-hydrogen) atoms. The van der Waals surface area contributed by atoms with E-state index in [-0.39, 0.29) is 5.75 Å². The maximum Gasteiger partial charge on any atom is 0.422 e. The van der Waals surface area contributed by atoms with Crippen LogP contribution in [-0.2, 0) is 0 Å². The lowest BCUT2D eigenvalue weighted by Crippen LogP contribution is -2.19. The van der Waals surface area contributed by atoms with Gasteiger partial charge < -0.3 is 4.74 Å². The zero-order chi connectivity index (χ0) is 13.9. The van der Waals surface area contributed by atoms with E-state index in [1.165, 1.54) is 29.5 Å². The number of hydrogen-bond donors (Lipinski definition) is 0. The predicted molar refractivity (Wildman–Crippen MR) is 66.7 cm³/mol. The van der Waals surface area contributed by atoms with E-state index in [0.717, 1.165) is 5.56 Å². The first-order chi connectivity index (χ1) is 8.99. The monoisotopic (exact) mass is 286 g/mol. The van der Waals surface area contributed by atoms with Crippen molar-refractivity contribution < 1.29 is 22.7 Å². The van der Waals surface area contributed by atoms with Crippen LogP contribution in [-0.4, -0.2) is 19.1 Å². The molecule has 2 rings (SSSR count). The van der Waals surface area contributed by atoms with Gasteiger partial charge in [0.15, 0.2) is 12.9 Å². The molecular weight excluding hydrogens is 277 g/mol. The van der Waals surface area contributed by atoms with Crippen LogP contribution in [0.1, 0.15) is 10.4 Å². The highest BCUT2D eigenvalue weighted by Crippen LogP contribution is 2.29. The average molecular weight is 286 g/mol.